The van der Waals surface area contributed by atoms with Crippen molar-refractivity contribution in [2.45, 2.75) is 80.5 Å². The van der Waals surface area contributed by atoms with Crippen LogP contribution in [-0.2, 0) is 48.9 Å². The van der Waals surface area contributed by atoms with Crippen LogP contribution in [0.4, 0.5) is 0 Å². The maximum Gasteiger partial charge on any atom is 0.160 e. The van der Waals surface area contributed by atoms with Crippen molar-refractivity contribution in [3.8, 4) is 5.75 Å². The van der Waals surface area contributed by atoms with Crippen LogP contribution in [-0.4, -0.2) is 109 Å². The van der Waals surface area contributed by atoms with E-state index in [-0.39, 0.29) is 30.5 Å². The summed E-state index contributed by atoms with van der Waals surface area (Å²) in [4.78, 5) is 20.9. The number of rotatable bonds is 10. The number of carbonyl (C=O) groups excluding carboxylic acids is 2. The minimum absolute atomic E-state index is 0.213. The van der Waals surface area contributed by atoms with Crippen LogP contribution >= 0.6 is 15.9 Å². The van der Waals surface area contributed by atoms with Crippen molar-refractivity contribution in [3.05, 3.63) is 27.7 Å². The lowest BCUT2D eigenvalue weighted by Crippen LogP contribution is -2.29. The van der Waals surface area contributed by atoms with E-state index in [0.29, 0.717) is 38.5 Å². The molecule has 0 saturated heterocycles. The molecule has 3 aliphatic carbocycles. The number of aliphatic hydroxyl groups excluding tert-OH is 1. The highest BCUT2D eigenvalue weighted by molar-refractivity contribution is 9.10. The van der Waals surface area contributed by atoms with Crippen molar-refractivity contribution in [2.75, 3.05) is 44.0 Å². The molecule has 0 heterocycles. The lowest BCUT2D eigenvalue weighted by atomic mass is 10.1. The van der Waals surface area contributed by atoms with E-state index in [9.17, 15) is 43.3 Å². The van der Waals surface area contributed by atoms with E-state index >= 15 is 0 Å². The molecule has 0 amide bonds. The molecule has 3 fully saturated rings. The summed E-state index contributed by atoms with van der Waals surface area (Å²) in [6.07, 6.45) is 8.33. The summed E-state index contributed by atoms with van der Waals surface area (Å²) < 4.78 is 91.5. The van der Waals surface area contributed by atoms with Crippen LogP contribution in [0.15, 0.2) is 16.6 Å². The number of ether oxygens (including phenoxy) is 1. The van der Waals surface area contributed by atoms with E-state index in [1.54, 1.807) is 0 Å². The lowest BCUT2D eigenvalue weighted by Gasteiger charge is -2.15. The van der Waals surface area contributed by atoms with E-state index in [2.05, 4.69) is 15.9 Å². The molecule has 0 spiro atoms. The molecule has 260 valence electrons. The highest BCUT2D eigenvalue weighted by atomic mass is 79.9. The Morgan fingerprint density at radius 3 is 1.31 bits per heavy atom. The fourth-order valence-corrected chi connectivity index (χ4v) is 8.75. The number of aliphatic hydroxyl groups is 1. The molecule has 0 aromatic heterocycles. The number of aryl methyl sites for hydroxylation is 2. The monoisotopic (exact) mass is 780 g/mol. The molecule has 0 unspecified atom stereocenters. The zero-order valence-electron chi connectivity index (χ0n) is 27.0. The highest BCUT2D eigenvalue weighted by Gasteiger charge is 2.56. The molecule has 3 aliphatic rings. The summed E-state index contributed by atoms with van der Waals surface area (Å²) in [5, 5.41) is 8.61. The highest BCUT2D eigenvalue weighted by Crippen LogP contribution is 2.44. The quantitative estimate of drug-likeness (QED) is 0.364. The van der Waals surface area contributed by atoms with E-state index in [4.69, 9.17) is 9.84 Å². The van der Waals surface area contributed by atoms with Crippen LogP contribution in [0.3, 0.4) is 0 Å². The first-order valence-electron chi connectivity index (χ1n) is 13.9. The second-order valence-electron chi connectivity index (χ2n) is 12.3. The van der Waals surface area contributed by atoms with Crippen molar-refractivity contribution in [2.24, 2.45) is 0 Å². The second kappa shape index (κ2) is 14.8. The number of sulfone groups is 4. The van der Waals surface area contributed by atoms with Crippen LogP contribution in [0.1, 0.15) is 63.5 Å². The first-order valence-corrected chi connectivity index (χ1v) is 22.4. The molecule has 3 saturated carbocycles. The number of Topliss-reactive ketones (excluding diaryl/α,β-unsaturated/α-hetero) is 2. The molecule has 1 aromatic carbocycles. The SMILES string of the molecule is CC(=O)C1(S(C)(=O)=O)CC1.CC(=O)CS(C)(=O)=O.CS(=O)(=O)C1(CO)CC1.Cc1cc(OCC2(S(C)(=O)=O)CC2)cc(C)c1Br. The van der Waals surface area contributed by atoms with Crippen LogP contribution < -0.4 is 4.74 Å². The average molecular weight is 782 g/mol. The molecule has 12 nitrogen and oxygen atoms in total. The predicted molar refractivity (Wildman–Crippen MR) is 178 cm³/mol. The maximum absolute atomic E-state index is 11.6. The number of ketones is 2. The normalized spacial score (nSPS) is 18.7. The Morgan fingerprint density at radius 2 is 1.16 bits per heavy atom. The van der Waals surface area contributed by atoms with Crippen molar-refractivity contribution in [3.63, 3.8) is 0 Å². The van der Waals surface area contributed by atoms with Gasteiger partial charge in [-0.3, -0.25) is 9.59 Å². The minimum Gasteiger partial charge on any atom is -0.492 e. The van der Waals surface area contributed by atoms with Gasteiger partial charge in [-0.15, -0.1) is 0 Å². The van der Waals surface area contributed by atoms with Gasteiger partial charge >= 0.3 is 0 Å². The molecule has 1 N–H and O–H groups in total. The standard InChI is InChI=1S/C13H17BrO3S.C6H10O3S.C5H10O3S.C4H8O3S/c1-9-6-11(7-10(2)12(9)14)17-8-13(4-5-13)18(3,15)16;1-5(7)6(3-4-6)10(2,8)9;1-9(7,8)5(4-6)2-3-5;1-4(5)3-8(2,6)7/h6-7H,4-5,8H2,1-3H3;3-4H2,1-2H3;6H,2-4H2,1H3;3H2,1-2H3. The van der Waals surface area contributed by atoms with Crippen molar-refractivity contribution in [1.82, 2.24) is 0 Å². The third-order valence-electron chi connectivity index (χ3n) is 7.91. The van der Waals surface area contributed by atoms with Gasteiger partial charge in [0.25, 0.3) is 0 Å². The summed E-state index contributed by atoms with van der Waals surface area (Å²) in [5.74, 6) is -0.127. The Labute approximate surface area is 276 Å². The zero-order valence-corrected chi connectivity index (χ0v) is 31.8. The number of hydrogen-bond donors (Lipinski definition) is 1. The van der Waals surface area contributed by atoms with E-state index < -0.39 is 53.6 Å². The van der Waals surface area contributed by atoms with Gasteiger partial charge in [0.15, 0.2) is 45.1 Å². The second-order valence-corrected chi connectivity index (χ2v) is 22.4. The van der Waals surface area contributed by atoms with Crippen molar-refractivity contribution < 1.29 is 53.1 Å². The Hall–Kier alpha value is -1.40. The Balaban J connectivity index is 0.000000321. The third-order valence-corrected chi connectivity index (χ3v) is 16.4. The van der Waals surface area contributed by atoms with E-state index in [0.717, 1.165) is 33.9 Å². The Morgan fingerprint density at radius 1 is 0.756 bits per heavy atom. The first kappa shape index (κ1) is 41.6. The van der Waals surface area contributed by atoms with Gasteiger partial charge in [0.2, 0.25) is 0 Å². The van der Waals surface area contributed by atoms with Gasteiger partial charge in [0.1, 0.15) is 33.4 Å². The van der Waals surface area contributed by atoms with Gasteiger partial charge in [-0.1, -0.05) is 15.9 Å². The minimum atomic E-state index is -3.14. The van der Waals surface area contributed by atoms with Crippen LogP contribution in [0, 0.1) is 13.8 Å². The van der Waals surface area contributed by atoms with Gasteiger partial charge < -0.3 is 9.84 Å². The molecule has 0 atom stereocenters. The topological polar surface area (TPSA) is 200 Å². The first-order chi connectivity index (χ1) is 20.1. The summed E-state index contributed by atoms with van der Waals surface area (Å²) in [7, 11) is -12.2. The fraction of sp³-hybridized carbons (Fsp3) is 0.714. The van der Waals surface area contributed by atoms with Crippen LogP contribution in [0.25, 0.3) is 0 Å². The molecular weight excluding hydrogens is 736 g/mol. The Kier molecular flexibility index (Phi) is 13.7. The molecule has 17 heteroatoms. The van der Waals surface area contributed by atoms with Crippen molar-refractivity contribution in [1.29, 1.82) is 0 Å². The summed E-state index contributed by atoms with van der Waals surface area (Å²) in [5.41, 5.74) is 2.18. The van der Waals surface area contributed by atoms with E-state index in [1.165, 1.54) is 26.4 Å². The third kappa shape index (κ3) is 12.0. The van der Waals surface area contributed by atoms with Crippen molar-refractivity contribution >= 4 is 66.8 Å². The maximum atomic E-state index is 11.6. The molecule has 0 radical (unpaired) electrons. The number of benzene rings is 1. The molecule has 45 heavy (non-hydrogen) atoms. The van der Waals surface area contributed by atoms with Crippen LogP contribution in [0.5, 0.6) is 5.75 Å². The van der Waals surface area contributed by atoms with E-state index in [1.807, 2.05) is 26.0 Å². The summed E-state index contributed by atoms with van der Waals surface area (Å²) in [6.45, 7) is 6.62. The number of hydrogen-bond acceptors (Lipinski definition) is 12. The fourth-order valence-electron chi connectivity index (χ4n) is 4.22. The summed E-state index contributed by atoms with van der Waals surface area (Å²) in [6, 6.07) is 3.85. The van der Waals surface area contributed by atoms with Gasteiger partial charge in [-0.25, -0.2) is 33.7 Å². The average Bonchev–Trinajstić information content (AvgIpc) is 3.72. The molecule has 0 aliphatic heterocycles. The van der Waals surface area contributed by atoms with Gasteiger partial charge in [0.05, 0.1) is 11.4 Å². The molecule has 1 aromatic rings. The predicted octanol–water partition coefficient (Wildman–Crippen LogP) is 2.35. The molecular formula is C28H45BrO12S4. The number of halogens is 1. The molecule has 0 bridgehead atoms. The van der Waals surface area contributed by atoms with Gasteiger partial charge in [-0.05, 0) is 89.5 Å². The largest absolute Gasteiger partial charge is 0.492 e. The lowest BCUT2D eigenvalue weighted by molar-refractivity contribution is -0.117. The number of carbonyl (C=O) groups is 2. The van der Waals surface area contributed by atoms with Gasteiger partial charge in [0, 0.05) is 29.5 Å². The summed E-state index contributed by atoms with van der Waals surface area (Å²) >= 11 is 3.50. The molecule has 4 rings (SSSR count). The smallest absolute Gasteiger partial charge is 0.160 e. The van der Waals surface area contributed by atoms with Gasteiger partial charge in [-0.2, -0.15) is 0 Å². The Bertz CT molecular complexity index is 1680. The zero-order chi connectivity index (χ0) is 35.4. The van der Waals surface area contributed by atoms with Crippen LogP contribution in [0.2, 0.25) is 0 Å².